The number of nitrogens with two attached hydrogens (primary N) is 1. The molecule has 1 heterocycles. The van der Waals surface area contributed by atoms with E-state index in [1.807, 2.05) is 42.5 Å². The van der Waals surface area contributed by atoms with E-state index in [0.29, 0.717) is 11.3 Å². The van der Waals surface area contributed by atoms with Crippen molar-refractivity contribution in [3.63, 3.8) is 0 Å². The third-order valence-electron chi connectivity index (χ3n) is 2.94. The van der Waals surface area contributed by atoms with E-state index >= 15 is 0 Å². The van der Waals surface area contributed by atoms with Gasteiger partial charge in [0, 0.05) is 16.0 Å². The van der Waals surface area contributed by atoms with Crippen molar-refractivity contribution in [2.45, 2.75) is 9.92 Å². The Morgan fingerprint density at radius 3 is 2.75 bits per heavy atom. The molecule has 0 amide bonds. The molecule has 96 valence electrons. The molecule has 0 bridgehead atoms. The van der Waals surface area contributed by atoms with Gasteiger partial charge >= 0.3 is 0 Å². The number of aromatic nitrogens is 1. The number of rotatable bonds is 2. The van der Waals surface area contributed by atoms with Gasteiger partial charge in [-0.25, -0.2) is 4.98 Å². The first-order valence-corrected chi connectivity index (χ1v) is 6.91. The lowest BCUT2D eigenvalue weighted by molar-refractivity contribution is 1.18. The predicted molar refractivity (Wildman–Crippen MR) is 81.4 cm³/mol. The summed E-state index contributed by atoms with van der Waals surface area (Å²) in [5, 5.41) is 11.0. The standard InChI is InChI=1S/C16H11N3S/c17-10-12-9-13(6-7-14(12)18)20-16-8-5-11-3-1-2-4-15(11)19-16/h1-9H,18H2. The van der Waals surface area contributed by atoms with Crippen LogP contribution in [0.15, 0.2) is 64.5 Å². The summed E-state index contributed by atoms with van der Waals surface area (Å²) in [7, 11) is 0. The van der Waals surface area contributed by atoms with E-state index in [0.717, 1.165) is 20.8 Å². The van der Waals surface area contributed by atoms with Crippen molar-refractivity contribution in [2.75, 3.05) is 5.73 Å². The summed E-state index contributed by atoms with van der Waals surface area (Å²) < 4.78 is 0. The van der Waals surface area contributed by atoms with Crippen molar-refractivity contribution in [3.8, 4) is 6.07 Å². The Hall–Kier alpha value is -2.51. The first kappa shape index (κ1) is 12.5. The molecular weight excluding hydrogens is 266 g/mol. The first-order chi connectivity index (χ1) is 9.76. The first-order valence-electron chi connectivity index (χ1n) is 6.09. The van der Waals surface area contributed by atoms with E-state index in [2.05, 4.69) is 11.1 Å². The quantitative estimate of drug-likeness (QED) is 0.723. The zero-order valence-corrected chi connectivity index (χ0v) is 11.4. The molecule has 2 aromatic carbocycles. The highest BCUT2D eigenvalue weighted by atomic mass is 32.2. The average molecular weight is 277 g/mol. The third-order valence-corrected chi connectivity index (χ3v) is 3.87. The fourth-order valence-corrected chi connectivity index (χ4v) is 2.76. The van der Waals surface area contributed by atoms with Gasteiger partial charge in [0.25, 0.3) is 0 Å². The van der Waals surface area contributed by atoms with Crippen LogP contribution in [0, 0.1) is 11.3 Å². The lowest BCUT2D eigenvalue weighted by Gasteiger charge is -2.04. The van der Waals surface area contributed by atoms with Gasteiger partial charge in [0.15, 0.2) is 0 Å². The highest BCUT2D eigenvalue weighted by Crippen LogP contribution is 2.29. The summed E-state index contributed by atoms with van der Waals surface area (Å²) in [5.74, 6) is 0. The van der Waals surface area contributed by atoms with Gasteiger partial charge in [-0.05, 0) is 30.3 Å². The molecule has 0 spiro atoms. The lowest BCUT2D eigenvalue weighted by Crippen LogP contribution is -1.90. The summed E-state index contributed by atoms with van der Waals surface area (Å²) in [5.41, 5.74) is 7.69. The molecule has 0 radical (unpaired) electrons. The highest BCUT2D eigenvalue weighted by molar-refractivity contribution is 7.99. The average Bonchev–Trinajstić information content (AvgIpc) is 2.49. The number of pyridine rings is 1. The van der Waals surface area contributed by atoms with Crippen LogP contribution < -0.4 is 5.73 Å². The molecule has 2 N–H and O–H groups in total. The molecule has 3 nitrogen and oxygen atoms in total. The highest BCUT2D eigenvalue weighted by Gasteiger charge is 2.04. The van der Waals surface area contributed by atoms with E-state index in [-0.39, 0.29) is 0 Å². The zero-order valence-electron chi connectivity index (χ0n) is 10.6. The summed E-state index contributed by atoms with van der Waals surface area (Å²) in [6, 6.07) is 19.6. The molecule has 0 saturated carbocycles. The summed E-state index contributed by atoms with van der Waals surface area (Å²) in [4.78, 5) is 5.55. The van der Waals surface area contributed by atoms with Crippen molar-refractivity contribution in [2.24, 2.45) is 0 Å². The normalized spacial score (nSPS) is 10.3. The Bertz CT molecular complexity index is 821. The van der Waals surface area contributed by atoms with Crippen LogP contribution in [-0.4, -0.2) is 4.98 Å². The fraction of sp³-hybridized carbons (Fsp3) is 0. The molecular formula is C16H11N3S. The zero-order chi connectivity index (χ0) is 13.9. The molecule has 0 aliphatic rings. The number of nitrogen functional groups attached to an aromatic ring is 1. The van der Waals surface area contributed by atoms with Gasteiger partial charge in [-0.3, -0.25) is 0 Å². The maximum atomic E-state index is 9.00. The second-order valence-corrected chi connectivity index (χ2v) is 5.40. The minimum Gasteiger partial charge on any atom is -0.398 e. The van der Waals surface area contributed by atoms with Crippen molar-refractivity contribution >= 4 is 28.4 Å². The van der Waals surface area contributed by atoms with Crippen molar-refractivity contribution < 1.29 is 0 Å². The van der Waals surface area contributed by atoms with E-state index in [1.165, 1.54) is 11.8 Å². The molecule has 4 heteroatoms. The van der Waals surface area contributed by atoms with Crippen molar-refractivity contribution in [1.82, 2.24) is 4.98 Å². The van der Waals surface area contributed by atoms with E-state index in [4.69, 9.17) is 11.0 Å². The Morgan fingerprint density at radius 1 is 1.05 bits per heavy atom. The maximum Gasteiger partial charge on any atom is 0.101 e. The van der Waals surface area contributed by atoms with Gasteiger partial charge < -0.3 is 5.73 Å². The summed E-state index contributed by atoms with van der Waals surface area (Å²) in [6.45, 7) is 0. The largest absolute Gasteiger partial charge is 0.398 e. The van der Waals surface area contributed by atoms with Crippen LogP contribution in [0.5, 0.6) is 0 Å². The lowest BCUT2D eigenvalue weighted by atomic mass is 10.2. The Labute approximate surface area is 121 Å². The van der Waals surface area contributed by atoms with Crippen molar-refractivity contribution in [3.05, 3.63) is 60.2 Å². The van der Waals surface area contributed by atoms with Crippen molar-refractivity contribution in [1.29, 1.82) is 5.26 Å². The van der Waals surface area contributed by atoms with Crippen LogP contribution in [0.3, 0.4) is 0 Å². The van der Waals surface area contributed by atoms with Gasteiger partial charge in [-0.1, -0.05) is 36.0 Å². The van der Waals surface area contributed by atoms with E-state index < -0.39 is 0 Å². The summed E-state index contributed by atoms with van der Waals surface area (Å²) >= 11 is 1.52. The van der Waals surface area contributed by atoms with E-state index in [1.54, 1.807) is 12.1 Å². The molecule has 3 rings (SSSR count). The molecule has 0 fully saturated rings. The molecule has 0 saturated heterocycles. The van der Waals surface area contributed by atoms with Crippen LogP contribution >= 0.6 is 11.8 Å². The fourth-order valence-electron chi connectivity index (χ4n) is 1.92. The van der Waals surface area contributed by atoms with Crippen LogP contribution in [0.2, 0.25) is 0 Å². The molecule has 1 aromatic heterocycles. The van der Waals surface area contributed by atoms with Gasteiger partial charge in [-0.2, -0.15) is 5.26 Å². The molecule has 0 aliphatic heterocycles. The minimum atomic E-state index is 0.496. The second kappa shape index (κ2) is 5.24. The number of nitriles is 1. The molecule has 20 heavy (non-hydrogen) atoms. The monoisotopic (exact) mass is 277 g/mol. The van der Waals surface area contributed by atoms with Crippen LogP contribution in [0.1, 0.15) is 5.56 Å². The Balaban J connectivity index is 1.95. The predicted octanol–water partition coefficient (Wildman–Crippen LogP) is 3.84. The number of hydrogen-bond donors (Lipinski definition) is 1. The number of para-hydroxylation sites is 1. The molecule has 3 aromatic rings. The minimum absolute atomic E-state index is 0.496. The topological polar surface area (TPSA) is 62.7 Å². The van der Waals surface area contributed by atoms with Gasteiger partial charge in [0.1, 0.15) is 11.1 Å². The Morgan fingerprint density at radius 2 is 1.90 bits per heavy atom. The number of anilines is 1. The van der Waals surface area contributed by atoms with E-state index in [9.17, 15) is 0 Å². The van der Waals surface area contributed by atoms with Crippen LogP contribution in [0.25, 0.3) is 10.9 Å². The maximum absolute atomic E-state index is 9.00. The summed E-state index contributed by atoms with van der Waals surface area (Å²) in [6.07, 6.45) is 0. The van der Waals surface area contributed by atoms with Gasteiger partial charge in [-0.15, -0.1) is 0 Å². The van der Waals surface area contributed by atoms with Gasteiger partial charge in [0.2, 0.25) is 0 Å². The molecule has 0 unspecified atom stereocenters. The number of nitrogens with zero attached hydrogens (tertiary/aromatic N) is 2. The second-order valence-electron chi connectivity index (χ2n) is 4.31. The molecule has 0 aliphatic carbocycles. The number of benzene rings is 2. The Kier molecular flexibility index (Phi) is 3.28. The SMILES string of the molecule is N#Cc1cc(Sc2ccc3ccccc3n2)ccc1N. The van der Waals surface area contributed by atoms with Gasteiger partial charge in [0.05, 0.1) is 11.1 Å². The smallest absolute Gasteiger partial charge is 0.101 e. The van der Waals surface area contributed by atoms with Crippen LogP contribution in [-0.2, 0) is 0 Å². The number of fused-ring (bicyclic) bond motifs is 1. The number of hydrogen-bond acceptors (Lipinski definition) is 4. The molecule has 0 atom stereocenters. The third kappa shape index (κ3) is 2.44. The van der Waals surface area contributed by atoms with Crippen LogP contribution in [0.4, 0.5) is 5.69 Å².